The molecular formula is C24H20F3N5O3S. The fourth-order valence-corrected chi connectivity index (χ4v) is 4.62. The number of ether oxygens (including phenoxy) is 1. The lowest BCUT2D eigenvalue weighted by Crippen LogP contribution is -2.44. The summed E-state index contributed by atoms with van der Waals surface area (Å²) in [5.74, 6) is -0.561. The van der Waals surface area contributed by atoms with Crippen molar-refractivity contribution in [1.29, 1.82) is 5.26 Å². The van der Waals surface area contributed by atoms with Crippen molar-refractivity contribution in [2.24, 2.45) is 0 Å². The summed E-state index contributed by atoms with van der Waals surface area (Å²) in [6.45, 7) is 3.77. The van der Waals surface area contributed by atoms with Crippen molar-refractivity contribution in [3.63, 3.8) is 0 Å². The standard InChI is InChI=1S/C24H20F3N5O3S/c1-23(2)21(34)31(15-5-4-14(12-28)18(11-15)24(25,26)27)22(36)32(23)16-6-7-19-17(10-16)20(33)30(13-29-19)8-9-35-3/h4-7,10-11,13H,8-9H2,1-3H3. The summed E-state index contributed by atoms with van der Waals surface area (Å²) in [7, 11) is 1.52. The van der Waals surface area contributed by atoms with Gasteiger partial charge in [0, 0.05) is 12.8 Å². The van der Waals surface area contributed by atoms with Crippen LogP contribution in [0.25, 0.3) is 10.9 Å². The van der Waals surface area contributed by atoms with E-state index in [9.17, 15) is 22.8 Å². The number of aromatic nitrogens is 2. The fraction of sp³-hybridized carbons (Fsp3) is 0.292. The molecule has 8 nitrogen and oxygen atoms in total. The van der Waals surface area contributed by atoms with Crippen molar-refractivity contribution in [3.05, 3.63) is 64.2 Å². The number of anilines is 2. The predicted molar refractivity (Wildman–Crippen MR) is 131 cm³/mol. The fourth-order valence-electron chi connectivity index (χ4n) is 4.09. The number of thiocarbonyl (C=S) groups is 1. The second-order valence-corrected chi connectivity index (χ2v) is 8.96. The topological polar surface area (TPSA) is 91.5 Å². The molecular weight excluding hydrogens is 495 g/mol. The lowest BCUT2D eigenvalue weighted by molar-refractivity contribution is -0.137. The van der Waals surface area contributed by atoms with Gasteiger partial charge in [0.25, 0.3) is 11.5 Å². The monoisotopic (exact) mass is 515 g/mol. The van der Waals surface area contributed by atoms with Gasteiger partial charge >= 0.3 is 6.18 Å². The quantitative estimate of drug-likeness (QED) is 0.477. The second kappa shape index (κ2) is 9.00. The maximum absolute atomic E-state index is 13.5. The molecule has 0 bridgehead atoms. The summed E-state index contributed by atoms with van der Waals surface area (Å²) in [6, 6.07) is 9.32. The first-order chi connectivity index (χ1) is 16.9. The molecule has 0 unspecified atom stereocenters. The molecule has 12 heteroatoms. The van der Waals surface area contributed by atoms with Gasteiger partial charge in [-0.15, -0.1) is 0 Å². The number of methoxy groups -OCH3 is 1. The van der Waals surface area contributed by atoms with Crippen LogP contribution in [0.15, 0.2) is 47.5 Å². The van der Waals surface area contributed by atoms with Gasteiger partial charge in [0.1, 0.15) is 5.54 Å². The number of hydrogen-bond acceptors (Lipinski definition) is 6. The lowest BCUT2D eigenvalue weighted by atomic mass is 10.0. The summed E-state index contributed by atoms with van der Waals surface area (Å²) >= 11 is 5.56. The zero-order chi connectivity index (χ0) is 26.4. The van der Waals surface area contributed by atoms with Gasteiger partial charge in [-0.1, -0.05) is 0 Å². The summed E-state index contributed by atoms with van der Waals surface area (Å²) in [4.78, 5) is 33.2. The van der Waals surface area contributed by atoms with Crippen LogP contribution in [0.5, 0.6) is 0 Å². The maximum atomic E-state index is 13.5. The number of nitrogens with zero attached hydrogens (tertiary/aromatic N) is 5. The number of nitriles is 1. The molecule has 1 fully saturated rings. The predicted octanol–water partition coefficient (Wildman–Crippen LogP) is 3.85. The molecule has 1 aliphatic rings. The van der Waals surface area contributed by atoms with Gasteiger partial charge in [-0.2, -0.15) is 18.4 Å². The van der Waals surface area contributed by atoms with Crippen LogP contribution in [0, 0.1) is 11.3 Å². The highest BCUT2D eigenvalue weighted by molar-refractivity contribution is 7.81. The molecule has 0 spiro atoms. The normalized spacial score (nSPS) is 15.6. The minimum atomic E-state index is -4.80. The first-order valence-corrected chi connectivity index (χ1v) is 11.1. The average molecular weight is 516 g/mol. The van der Waals surface area contributed by atoms with E-state index >= 15 is 0 Å². The van der Waals surface area contributed by atoms with Crippen molar-refractivity contribution in [3.8, 4) is 6.07 Å². The number of fused-ring (bicyclic) bond motifs is 1. The van der Waals surface area contributed by atoms with E-state index in [-0.39, 0.29) is 21.7 Å². The van der Waals surface area contributed by atoms with Crippen LogP contribution in [-0.2, 0) is 22.3 Å². The highest BCUT2D eigenvalue weighted by Crippen LogP contribution is 2.39. The van der Waals surface area contributed by atoms with Crippen LogP contribution in [0.2, 0.25) is 0 Å². The number of carbonyl (C=O) groups excluding carboxylic acids is 1. The Morgan fingerprint density at radius 3 is 2.47 bits per heavy atom. The van der Waals surface area contributed by atoms with E-state index in [1.807, 2.05) is 0 Å². The van der Waals surface area contributed by atoms with Gasteiger partial charge in [-0.3, -0.25) is 19.1 Å². The van der Waals surface area contributed by atoms with Crippen LogP contribution in [0.1, 0.15) is 25.0 Å². The van der Waals surface area contributed by atoms with Crippen LogP contribution in [-0.4, -0.2) is 39.8 Å². The third-order valence-corrected chi connectivity index (χ3v) is 6.32. The molecule has 1 amide bonds. The average Bonchev–Trinajstić information content (AvgIpc) is 3.01. The Bertz CT molecular complexity index is 1490. The lowest BCUT2D eigenvalue weighted by Gasteiger charge is -2.29. The Morgan fingerprint density at radius 1 is 1.14 bits per heavy atom. The Morgan fingerprint density at radius 2 is 1.83 bits per heavy atom. The van der Waals surface area contributed by atoms with Crippen LogP contribution in [0.4, 0.5) is 24.5 Å². The minimum absolute atomic E-state index is 0.0641. The molecule has 0 saturated carbocycles. The van der Waals surface area contributed by atoms with Crippen molar-refractivity contribution >= 4 is 45.5 Å². The third-order valence-electron chi connectivity index (χ3n) is 5.96. The van der Waals surface area contributed by atoms with Gasteiger partial charge in [0.05, 0.1) is 53.3 Å². The molecule has 2 aromatic carbocycles. The molecule has 3 aromatic rings. The molecule has 0 atom stereocenters. The van der Waals surface area contributed by atoms with E-state index in [1.54, 1.807) is 32.0 Å². The Hall–Kier alpha value is -3.82. The molecule has 1 saturated heterocycles. The zero-order valence-corrected chi connectivity index (χ0v) is 20.3. The van der Waals surface area contributed by atoms with Crippen LogP contribution >= 0.6 is 12.2 Å². The molecule has 1 aliphatic heterocycles. The largest absolute Gasteiger partial charge is 0.417 e. The SMILES string of the molecule is COCCn1cnc2ccc(N3C(=S)N(c4ccc(C#N)c(C(F)(F)F)c4)C(=O)C3(C)C)cc2c1=O. The first kappa shape index (κ1) is 25.3. The smallest absolute Gasteiger partial charge is 0.383 e. The van der Waals surface area contributed by atoms with E-state index in [0.717, 1.165) is 17.0 Å². The van der Waals surface area contributed by atoms with E-state index < -0.39 is 28.7 Å². The molecule has 0 radical (unpaired) electrons. The van der Waals surface area contributed by atoms with E-state index in [1.165, 1.54) is 35.0 Å². The maximum Gasteiger partial charge on any atom is 0.417 e. The number of rotatable bonds is 5. The number of amides is 1. The number of benzene rings is 2. The van der Waals surface area contributed by atoms with Gasteiger partial charge in [0.15, 0.2) is 5.11 Å². The summed E-state index contributed by atoms with van der Waals surface area (Å²) in [6.07, 6.45) is -3.38. The summed E-state index contributed by atoms with van der Waals surface area (Å²) in [5, 5.41) is 9.31. The Balaban J connectivity index is 1.81. The van der Waals surface area contributed by atoms with E-state index in [0.29, 0.717) is 24.4 Å². The van der Waals surface area contributed by atoms with Gasteiger partial charge < -0.3 is 9.64 Å². The van der Waals surface area contributed by atoms with E-state index in [4.69, 9.17) is 22.2 Å². The van der Waals surface area contributed by atoms with Crippen LogP contribution in [0.3, 0.4) is 0 Å². The number of carbonyl (C=O) groups is 1. The number of halogens is 3. The first-order valence-electron chi connectivity index (χ1n) is 10.7. The van der Waals surface area contributed by atoms with Gasteiger partial charge in [0.2, 0.25) is 0 Å². The van der Waals surface area contributed by atoms with Gasteiger partial charge in [-0.25, -0.2) is 4.98 Å². The number of alkyl halides is 3. The van der Waals surface area contributed by atoms with Crippen LogP contribution < -0.4 is 15.4 Å². The molecule has 0 N–H and O–H groups in total. The Labute approximate surface area is 209 Å². The van der Waals surface area contributed by atoms with Crippen molar-refractivity contribution in [2.75, 3.05) is 23.5 Å². The molecule has 4 rings (SSSR count). The Kier molecular flexibility index (Phi) is 6.32. The number of hydrogen-bond donors (Lipinski definition) is 0. The highest BCUT2D eigenvalue weighted by Gasteiger charge is 2.50. The molecule has 2 heterocycles. The molecule has 0 aliphatic carbocycles. The molecule has 1 aromatic heterocycles. The second-order valence-electron chi connectivity index (χ2n) is 8.59. The van der Waals surface area contributed by atoms with Crippen molar-refractivity contribution in [1.82, 2.24) is 9.55 Å². The summed E-state index contributed by atoms with van der Waals surface area (Å²) < 4.78 is 47.1. The van der Waals surface area contributed by atoms with Gasteiger partial charge in [-0.05, 0) is 62.5 Å². The van der Waals surface area contributed by atoms with E-state index in [2.05, 4.69) is 4.98 Å². The molecule has 36 heavy (non-hydrogen) atoms. The highest BCUT2D eigenvalue weighted by atomic mass is 32.1. The zero-order valence-electron chi connectivity index (χ0n) is 19.5. The molecule has 186 valence electrons. The minimum Gasteiger partial charge on any atom is -0.383 e. The summed E-state index contributed by atoms with van der Waals surface area (Å²) in [5.41, 5.74) is -2.60. The van der Waals surface area contributed by atoms with Crippen molar-refractivity contribution in [2.45, 2.75) is 32.1 Å². The third kappa shape index (κ3) is 4.10. The van der Waals surface area contributed by atoms with Crippen molar-refractivity contribution < 1.29 is 22.7 Å².